The molecule has 1 aromatic carbocycles. The van der Waals surface area contributed by atoms with Crippen molar-refractivity contribution >= 4 is 5.69 Å². The quantitative estimate of drug-likeness (QED) is 0.619. The highest BCUT2D eigenvalue weighted by Gasteiger charge is 2.24. The van der Waals surface area contributed by atoms with Crippen LogP contribution in [0.5, 0.6) is 0 Å². The number of nitrogens with one attached hydrogen (secondary N) is 1. The maximum absolute atomic E-state index is 13.1. The third kappa shape index (κ3) is 2.19. The van der Waals surface area contributed by atoms with E-state index in [9.17, 15) is 14.5 Å². The highest BCUT2D eigenvalue weighted by molar-refractivity contribution is 5.43. The van der Waals surface area contributed by atoms with E-state index in [-0.39, 0.29) is 11.6 Å². The van der Waals surface area contributed by atoms with Gasteiger partial charge in [-0.05, 0) is 31.5 Å². The van der Waals surface area contributed by atoms with Crippen LogP contribution in [0.1, 0.15) is 24.3 Å². The predicted molar refractivity (Wildman–Crippen MR) is 57.9 cm³/mol. The molecule has 0 spiro atoms. The molecule has 1 aliphatic heterocycles. The van der Waals surface area contributed by atoms with E-state index in [0.29, 0.717) is 12.1 Å². The standard InChI is InChI=1S/C11H13FN2O2/c12-9-3-4-11(14(15)16)10(6-9)8-2-1-5-13-7-8/h3-4,6,8,13H,1-2,5,7H2. The number of nitro benzene ring substituents is 1. The molecule has 0 bridgehead atoms. The van der Waals surface area contributed by atoms with Crippen molar-refractivity contribution in [2.45, 2.75) is 18.8 Å². The predicted octanol–water partition coefficient (Wildman–Crippen LogP) is 2.20. The molecule has 2 rings (SSSR count). The summed E-state index contributed by atoms with van der Waals surface area (Å²) in [6.45, 7) is 1.61. The van der Waals surface area contributed by atoms with E-state index >= 15 is 0 Å². The summed E-state index contributed by atoms with van der Waals surface area (Å²) in [6.07, 6.45) is 1.84. The van der Waals surface area contributed by atoms with Crippen molar-refractivity contribution < 1.29 is 9.31 Å². The third-order valence-electron chi connectivity index (χ3n) is 2.92. The Morgan fingerprint density at radius 1 is 1.50 bits per heavy atom. The first-order valence-corrected chi connectivity index (χ1v) is 5.33. The Morgan fingerprint density at radius 2 is 2.31 bits per heavy atom. The first-order valence-electron chi connectivity index (χ1n) is 5.33. The SMILES string of the molecule is O=[N+]([O-])c1ccc(F)cc1C1CCCNC1. The number of nitrogens with zero attached hydrogens (tertiary/aromatic N) is 1. The van der Waals surface area contributed by atoms with Crippen molar-refractivity contribution in [3.05, 3.63) is 39.7 Å². The molecule has 1 N–H and O–H groups in total. The highest BCUT2D eigenvalue weighted by atomic mass is 19.1. The molecule has 1 saturated heterocycles. The first-order chi connectivity index (χ1) is 7.68. The minimum atomic E-state index is -0.441. The van der Waals surface area contributed by atoms with E-state index in [0.717, 1.165) is 25.5 Å². The Hall–Kier alpha value is -1.49. The fourth-order valence-corrected chi connectivity index (χ4v) is 2.14. The van der Waals surface area contributed by atoms with Gasteiger partial charge in [-0.1, -0.05) is 0 Å². The van der Waals surface area contributed by atoms with Gasteiger partial charge in [0.2, 0.25) is 0 Å². The lowest BCUT2D eigenvalue weighted by Crippen LogP contribution is -2.28. The molecule has 0 radical (unpaired) electrons. The molecule has 1 unspecified atom stereocenters. The van der Waals surface area contributed by atoms with E-state index in [2.05, 4.69) is 5.32 Å². The Labute approximate surface area is 92.6 Å². The van der Waals surface area contributed by atoms with Crippen LogP contribution >= 0.6 is 0 Å². The summed E-state index contributed by atoms with van der Waals surface area (Å²) in [5.41, 5.74) is 0.535. The molecule has 0 aliphatic carbocycles. The number of halogens is 1. The zero-order chi connectivity index (χ0) is 11.5. The molecular formula is C11H13FN2O2. The first kappa shape index (κ1) is 11.0. The van der Waals surface area contributed by atoms with Crippen LogP contribution in [0.3, 0.4) is 0 Å². The minimum absolute atomic E-state index is 0.0232. The van der Waals surface area contributed by atoms with Gasteiger partial charge in [-0.2, -0.15) is 0 Å². The molecule has 0 amide bonds. The summed E-state index contributed by atoms with van der Waals surface area (Å²) < 4.78 is 13.1. The van der Waals surface area contributed by atoms with Crippen LogP contribution in [0.4, 0.5) is 10.1 Å². The van der Waals surface area contributed by atoms with Crippen LogP contribution < -0.4 is 5.32 Å². The molecule has 1 atom stereocenters. The zero-order valence-corrected chi connectivity index (χ0v) is 8.78. The van der Waals surface area contributed by atoms with Crippen molar-refractivity contribution in [3.63, 3.8) is 0 Å². The third-order valence-corrected chi connectivity index (χ3v) is 2.92. The summed E-state index contributed by atoms with van der Waals surface area (Å²) in [6, 6.07) is 3.67. The van der Waals surface area contributed by atoms with Gasteiger partial charge >= 0.3 is 0 Å². The lowest BCUT2D eigenvalue weighted by Gasteiger charge is -2.22. The van der Waals surface area contributed by atoms with E-state index in [1.165, 1.54) is 12.1 Å². The van der Waals surface area contributed by atoms with Crippen LogP contribution in [0.2, 0.25) is 0 Å². The second-order valence-electron chi connectivity index (χ2n) is 4.00. The van der Waals surface area contributed by atoms with Gasteiger partial charge in [-0.3, -0.25) is 10.1 Å². The number of benzene rings is 1. The Kier molecular flexibility index (Phi) is 3.14. The molecule has 1 heterocycles. The van der Waals surface area contributed by atoms with Crippen LogP contribution in [0, 0.1) is 15.9 Å². The largest absolute Gasteiger partial charge is 0.316 e. The molecule has 1 aliphatic rings. The number of nitro groups is 1. The van der Waals surface area contributed by atoms with Gasteiger partial charge in [-0.25, -0.2) is 4.39 Å². The molecule has 0 saturated carbocycles. The maximum atomic E-state index is 13.1. The molecule has 86 valence electrons. The van der Waals surface area contributed by atoms with Gasteiger partial charge in [-0.15, -0.1) is 0 Å². The average molecular weight is 224 g/mol. The summed E-state index contributed by atoms with van der Waals surface area (Å²) in [5.74, 6) is -0.365. The Morgan fingerprint density at radius 3 is 2.94 bits per heavy atom. The van der Waals surface area contributed by atoms with Crippen molar-refractivity contribution in [2.24, 2.45) is 0 Å². The number of piperidine rings is 1. The number of hydrogen-bond acceptors (Lipinski definition) is 3. The molecule has 4 nitrogen and oxygen atoms in total. The highest BCUT2D eigenvalue weighted by Crippen LogP contribution is 2.31. The Bertz CT molecular complexity index is 403. The van der Waals surface area contributed by atoms with Crippen molar-refractivity contribution in [1.82, 2.24) is 5.32 Å². The van der Waals surface area contributed by atoms with Crippen molar-refractivity contribution in [2.75, 3.05) is 13.1 Å². The zero-order valence-electron chi connectivity index (χ0n) is 8.78. The second-order valence-corrected chi connectivity index (χ2v) is 4.00. The topological polar surface area (TPSA) is 55.2 Å². The second kappa shape index (κ2) is 4.57. The van der Waals surface area contributed by atoms with Gasteiger partial charge in [0.15, 0.2) is 0 Å². The van der Waals surface area contributed by atoms with E-state index in [4.69, 9.17) is 0 Å². The fraction of sp³-hybridized carbons (Fsp3) is 0.455. The smallest absolute Gasteiger partial charge is 0.273 e. The lowest BCUT2D eigenvalue weighted by molar-refractivity contribution is -0.385. The summed E-state index contributed by atoms with van der Waals surface area (Å²) in [5, 5.41) is 14.0. The lowest BCUT2D eigenvalue weighted by atomic mass is 9.90. The molecule has 0 aromatic heterocycles. The maximum Gasteiger partial charge on any atom is 0.273 e. The van der Waals surface area contributed by atoms with Gasteiger partial charge in [0.05, 0.1) is 4.92 Å². The van der Waals surface area contributed by atoms with Crippen LogP contribution in [-0.4, -0.2) is 18.0 Å². The molecule has 1 aromatic rings. The van der Waals surface area contributed by atoms with Gasteiger partial charge in [0, 0.05) is 24.1 Å². The summed E-state index contributed by atoms with van der Waals surface area (Å²) in [4.78, 5) is 10.4. The number of rotatable bonds is 2. The van der Waals surface area contributed by atoms with Gasteiger partial charge < -0.3 is 5.32 Å². The van der Waals surface area contributed by atoms with Gasteiger partial charge in [0.25, 0.3) is 5.69 Å². The average Bonchev–Trinajstić information content (AvgIpc) is 2.29. The van der Waals surface area contributed by atoms with Gasteiger partial charge in [0.1, 0.15) is 5.82 Å². The van der Waals surface area contributed by atoms with Crippen molar-refractivity contribution in [1.29, 1.82) is 0 Å². The van der Waals surface area contributed by atoms with Crippen LogP contribution in [0.15, 0.2) is 18.2 Å². The van der Waals surface area contributed by atoms with E-state index in [1.807, 2.05) is 0 Å². The molecule has 5 heteroatoms. The van der Waals surface area contributed by atoms with Crippen LogP contribution in [0.25, 0.3) is 0 Å². The summed E-state index contributed by atoms with van der Waals surface area (Å²) in [7, 11) is 0. The fourth-order valence-electron chi connectivity index (χ4n) is 2.14. The number of hydrogen-bond donors (Lipinski definition) is 1. The Balaban J connectivity index is 2.36. The summed E-state index contributed by atoms with van der Waals surface area (Å²) >= 11 is 0. The van der Waals surface area contributed by atoms with Crippen LogP contribution in [-0.2, 0) is 0 Å². The van der Waals surface area contributed by atoms with Crippen molar-refractivity contribution in [3.8, 4) is 0 Å². The molecule has 16 heavy (non-hydrogen) atoms. The van der Waals surface area contributed by atoms with E-state index < -0.39 is 10.7 Å². The molecular weight excluding hydrogens is 211 g/mol. The molecule has 1 fully saturated rings. The van der Waals surface area contributed by atoms with E-state index in [1.54, 1.807) is 0 Å². The monoisotopic (exact) mass is 224 g/mol. The normalized spacial score (nSPS) is 20.7. The minimum Gasteiger partial charge on any atom is -0.316 e.